The minimum absolute atomic E-state index is 0.176. The molecule has 5 nitrogen and oxygen atoms in total. The highest BCUT2D eigenvalue weighted by molar-refractivity contribution is 5.60. The normalized spacial score (nSPS) is 17.2. The summed E-state index contributed by atoms with van der Waals surface area (Å²) in [5.41, 5.74) is 1.01. The van der Waals surface area contributed by atoms with Gasteiger partial charge in [0.1, 0.15) is 6.61 Å². The van der Waals surface area contributed by atoms with E-state index < -0.39 is 0 Å². The summed E-state index contributed by atoms with van der Waals surface area (Å²) in [6.45, 7) is 1.57. The summed E-state index contributed by atoms with van der Waals surface area (Å²) < 4.78 is 4.97. The zero-order valence-electron chi connectivity index (χ0n) is 7.16. The molecule has 1 aliphatic heterocycles. The Labute approximate surface area is 75.5 Å². The van der Waals surface area contributed by atoms with E-state index in [0.717, 1.165) is 25.1 Å². The lowest BCUT2D eigenvalue weighted by atomic mass is 10.1. The summed E-state index contributed by atoms with van der Waals surface area (Å²) in [6.07, 6.45) is 3.05. The maximum absolute atomic E-state index is 8.73. The van der Waals surface area contributed by atoms with Crippen molar-refractivity contribution >= 4 is 5.57 Å². The molecule has 0 atom stereocenters. The van der Waals surface area contributed by atoms with Crippen LogP contribution in [0.15, 0.2) is 10.6 Å². The molecule has 2 heterocycles. The van der Waals surface area contributed by atoms with Crippen LogP contribution in [0, 0.1) is 0 Å². The number of aliphatic hydroxyl groups is 1. The van der Waals surface area contributed by atoms with Crippen molar-refractivity contribution in [2.45, 2.75) is 13.0 Å². The molecule has 0 amide bonds. The zero-order valence-corrected chi connectivity index (χ0v) is 7.16. The lowest BCUT2D eigenvalue weighted by molar-refractivity contribution is 0.263. The maximum Gasteiger partial charge on any atom is 0.254 e. The smallest absolute Gasteiger partial charge is 0.254 e. The predicted molar refractivity (Wildman–Crippen MR) is 45.7 cm³/mol. The largest absolute Gasteiger partial charge is 0.388 e. The first-order chi connectivity index (χ1) is 6.40. The van der Waals surface area contributed by atoms with Gasteiger partial charge in [0.15, 0.2) is 5.82 Å². The molecule has 0 saturated heterocycles. The van der Waals surface area contributed by atoms with Crippen molar-refractivity contribution in [2.75, 3.05) is 13.1 Å². The van der Waals surface area contributed by atoms with Crippen LogP contribution >= 0.6 is 0 Å². The lowest BCUT2D eigenvalue weighted by Crippen LogP contribution is -2.21. The van der Waals surface area contributed by atoms with Gasteiger partial charge >= 0.3 is 0 Å². The van der Waals surface area contributed by atoms with Gasteiger partial charge in [0.05, 0.1) is 0 Å². The Morgan fingerprint density at radius 2 is 2.54 bits per heavy atom. The van der Waals surface area contributed by atoms with E-state index in [2.05, 4.69) is 21.5 Å². The minimum atomic E-state index is -0.176. The molecule has 0 saturated carbocycles. The highest BCUT2D eigenvalue weighted by Crippen LogP contribution is 2.14. The molecule has 0 aromatic carbocycles. The van der Waals surface area contributed by atoms with E-state index >= 15 is 0 Å². The van der Waals surface area contributed by atoms with Crippen molar-refractivity contribution in [1.29, 1.82) is 0 Å². The zero-order chi connectivity index (χ0) is 9.10. The average Bonchev–Trinajstić information content (AvgIpc) is 2.67. The molecule has 2 rings (SSSR count). The second-order valence-corrected chi connectivity index (χ2v) is 2.87. The van der Waals surface area contributed by atoms with Crippen LogP contribution in [0.2, 0.25) is 0 Å². The number of aliphatic hydroxyl groups excluding tert-OH is 1. The van der Waals surface area contributed by atoms with Crippen molar-refractivity contribution in [3.63, 3.8) is 0 Å². The molecule has 1 aliphatic rings. The third kappa shape index (κ3) is 1.76. The fourth-order valence-electron chi connectivity index (χ4n) is 1.26. The second-order valence-electron chi connectivity index (χ2n) is 2.87. The summed E-state index contributed by atoms with van der Waals surface area (Å²) in [4.78, 5) is 4.02. The van der Waals surface area contributed by atoms with Gasteiger partial charge in [0.2, 0.25) is 0 Å². The highest BCUT2D eigenvalue weighted by atomic mass is 16.5. The van der Waals surface area contributed by atoms with Gasteiger partial charge in [-0.15, -0.1) is 0 Å². The lowest BCUT2D eigenvalue weighted by Gasteiger charge is -2.09. The van der Waals surface area contributed by atoms with Gasteiger partial charge in [-0.05, 0) is 13.0 Å². The van der Waals surface area contributed by atoms with Crippen LogP contribution in [0.3, 0.4) is 0 Å². The Balaban J connectivity index is 2.19. The Morgan fingerprint density at radius 3 is 3.15 bits per heavy atom. The molecule has 5 heteroatoms. The monoisotopic (exact) mass is 181 g/mol. The third-order valence-corrected chi connectivity index (χ3v) is 1.91. The standard InChI is InChI=1S/C8H11N3O2/c12-5-7-10-8(13-11-7)6-2-1-3-9-4-6/h2,9,12H,1,3-5H2. The van der Waals surface area contributed by atoms with Crippen LogP contribution in [0.1, 0.15) is 18.1 Å². The number of hydrogen-bond donors (Lipinski definition) is 2. The van der Waals surface area contributed by atoms with Gasteiger partial charge in [-0.1, -0.05) is 11.2 Å². The van der Waals surface area contributed by atoms with Crippen molar-refractivity contribution < 1.29 is 9.63 Å². The van der Waals surface area contributed by atoms with Crippen LogP contribution in [0.5, 0.6) is 0 Å². The molecule has 0 fully saturated rings. The molecule has 0 bridgehead atoms. The van der Waals surface area contributed by atoms with Crippen LogP contribution in [-0.2, 0) is 6.61 Å². The molecule has 0 aliphatic carbocycles. The van der Waals surface area contributed by atoms with Gasteiger partial charge in [-0.2, -0.15) is 4.98 Å². The fourth-order valence-corrected chi connectivity index (χ4v) is 1.26. The van der Waals surface area contributed by atoms with Gasteiger partial charge in [0.25, 0.3) is 5.89 Å². The Kier molecular flexibility index (Phi) is 2.37. The summed E-state index contributed by atoms with van der Waals surface area (Å²) in [6, 6.07) is 0. The maximum atomic E-state index is 8.73. The molecule has 70 valence electrons. The number of hydrogen-bond acceptors (Lipinski definition) is 5. The van der Waals surface area contributed by atoms with Gasteiger partial charge in [-0.3, -0.25) is 0 Å². The van der Waals surface area contributed by atoms with E-state index in [1.165, 1.54) is 0 Å². The second kappa shape index (κ2) is 3.68. The van der Waals surface area contributed by atoms with Gasteiger partial charge < -0.3 is 14.9 Å². The fraction of sp³-hybridized carbons (Fsp3) is 0.500. The van der Waals surface area contributed by atoms with Crippen LogP contribution in [0.4, 0.5) is 0 Å². The molecule has 0 radical (unpaired) electrons. The molecule has 1 aromatic rings. The molecule has 0 unspecified atom stereocenters. The van der Waals surface area contributed by atoms with E-state index in [9.17, 15) is 0 Å². The number of rotatable bonds is 2. The highest BCUT2D eigenvalue weighted by Gasteiger charge is 2.12. The summed E-state index contributed by atoms with van der Waals surface area (Å²) in [7, 11) is 0. The SMILES string of the molecule is OCc1noc(C2=CCCNC2)n1. The van der Waals surface area contributed by atoms with Gasteiger partial charge in [-0.25, -0.2) is 0 Å². The van der Waals surface area contributed by atoms with E-state index in [1.54, 1.807) is 0 Å². The number of nitrogens with zero attached hydrogens (tertiary/aromatic N) is 2. The Hall–Kier alpha value is -1.20. The first-order valence-corrected chi connectivity index (χ1v) is 4.23. The topological polar surface area (TPSA) is 71.2 Å². The molecule has 0 spiro atoms. The van der Waals surface area contributed by atoms with E-state index in [0.29, 0.717) is 11.7 Å². The Bertz CT molecular complexity index is 319. The Morgan fingerprint density at radius 1 is 1.62 bits per heavy atom. The van der Waals surface area contributed by atoms with Crippen molar-refractivity contribution in [1.82, 2.24) is 15.5 Å². The van der Waals surface area contributed by atoms with E-state index in [1.807, 2.05) is 0 Å². The molecule has 2 N–H and O–H groups in total. The minimum Gasteiger partial charge on any atom is -0.388 e. The van der Waals surface area contributed by atoms with Crippen LogP contribution in [0.25, 0.3) is 5.57 Å². The van der Waals surface area contributed by atoms with Crippen molar-refractivity contribution in [3.8, 4) is 0 Å². The first-order valence-electron chi connectivity index (χ1n) is 4.23. The number of nitrogens with one attached hydrogen (secondary N) is 1. The third-order valence-electron chi connectivity index (χ3n) is 1.91. The van der Waals surface area contributed by atoms with Gasteiger partial charge in [0, 0.05) is 12.1 Å². The van der Waals surface area contributed by atoms with Crippen molar-refractivity contribution in [3.05, 3.63) is 17.8 Å². The molecule has 1 aromatic heterocycles. The average molecular weight is 181 g/mol. The predicted octanol–water partition coefficient (Wildman–Crippen LogP) is -0.0614. The van der Waals surface area contributed by atoms with E-state index in [-0.39, 0.29) is 6.61 Å². The molecular weight excluding hydrogens is 170 g/mol. The summed E-state index contributed by atoms with van der Waals surface area (Å²) >= 11 is 0. The summed E-state index contributed by atoms with van der Waals surface area (Å²) in [5, 5.41) is 15.5. The first kappa shape index (κ1) is 8.40. The van der Waals surface area contributed by atoms with Crippen LogP contribution < -0.4 is 5.32 Å². The number of aromatic nitrogens is 2. The quantitative estimate of drug-likeness (QED) is 0.668. The summed E-state index contributed by atoms with van der Waals surface area (Å²) in [5.74, 6) is 0.845. The molecule has 13 heavy (non-hydrogen) atoms. The van der Waals surface area contributed by atoms with Crippen molar-refractivity contribution in [2.24, 2.45) is 0 Å². The van der Waals surface area contributed by atoms with E-state index in [4.69, 9.17) is 9.63 Å². The van der Waals surface area contributed by atoms with Crippen LogP contribution in [-0.4, -0.2) is 28.3 Å². The molecular formula is C8H11N3O2.